The van der Waals surface area contributed by atoms with Crippen LogP contribution in [0.25, 0.3) is 6.08 Å². The molecule has 0 spiro atoms. The molecule has 2 aromatic carbocycles. The zero-order valence-electron chi connectivity index (χ0n) is 13.3. The molecule has 0 aliphatic carbocycles. The van der Waals surface area contributed by atoms with E-state index in [2.05, 4.69) is 5.32 Å². The molecule has 126 valence electrons. The molecule has 0 aromatic heterocycles. The predicted octanol–water partition coefficient (Wildman–Crippen LogP) is 5.05. The maximum Gasteiger partial charge on any atom is 0.262 e. The number of anilines is 1. The van der Waals surface area contributed by atoms with Crippen LogP contribution in [0.1, 0.15) is 12.5 Å². The van der Waals surface area contributed by atoms with E-state index >= 15 is 0 Å². The highest BCUT2D eigenvalue weighted by Crippen LogP contribution is 2.30. The van der Waals surface area contributed by atoms with Gasteiger partial charge in [-0.1, -0.05) is 47.5 Å². The van der Waals surface area contributed by atoms with Gasteiger partial charge in [-0.05, 0) is 36.8 Å². The van der Waals surface area contributed by atoms with Gasteiger partial charge in [-0.2, -0.15) is 0 Å². The molecule has 0 atom stereocenters. The third-order valence-electron chi connectivity index (χ3n) is 3.13. The number of benzene rings is 2. The fourth-order valence-corrected chi connectivity index (χ4v) is 2.38. The molecule has 0 saturated heterocycles. The van der Waals surface area contributed by atoms with E-state index in [1.165, 1.54) is 0 Å². The summed E-state index contributed by atoms with van der Waals surface area (Å²) in [6, 6.07) is 10.5. The number of rotatable bonds is 6. The predicted molar refractivity (Wildman–Crippen MR) is 98.3 cm³/mol. The lowest BCUT2D eigenvalue weighted by atomic mass is 10.2. The molecule has 0 radical (unpaired) electrons. The molecule has 0 aliphatic heterocycles. The summed E-state index contributed by atoms with van der Waals surface area (Å²) in [5.74, 6) is 0.691. The van der Waals surface area contributed by atoms with Gasteiger partial charge in [0.2, 0.25) is 0 Å². The standard InChI is InChI=1S/C18H17Cl2NO3/c1-3-5-12-8-9-15(16(10-12)23-2)24-11-17(22)21-14-7-4-6-13(19)18(14)20/h3-10H,11H2,1-2H3,(H,21,22)/b5-3+. The van der Waals surface area contributed by atoms with E-state index in [0.717, 1.165) is 5.56 Å². The van der Waals surface area contributed by atoms with Gasteiger partial charge in [-0.3, -0.25) is 4.79 Å². The van der Waals surface area contributed by atoms with Gasteiger partial charge >= 0.3 is 0 Å². The van der Waals surface area contributed by atoms with Gasteiger partial charge in [0.05, 0.1) is 22.8 Å². The van der Waals surface area contributed by atoms with Crippen molar-refractivity contribution < 1.29 is 14.3 Å². The van der Waals surface area contributed by atoms with Gasteiger partial charge in [-0.25, -0.2) is 0 Å². The van der Waals surface area contributed by atoms with Crippen LogP contribution in [0.3, 0.4) is 0 Å². The summed E-state index contributed by atoms with van der Waals surface area (Å²) < 4.78 is 10.8. The summed E-state index contributed by atoms with van der Waals surface area (Å²) in [5, 5.41) is 3.32. The largest absolute Gasteiger partial charge is 0.493 e. The summed E-state index contributed by atoms with van der Waals surface area (Å²) in [6.07, 6.45) is 3.87. The van der Waals surface area contributed by atoms with E-state index in [4.69, 9.17) is 32.7 Å². The van der Waals surface area contributed by atoms with Crippen LogP contribution in [0.4, 0.5) is 5.69 Å². The highest BCUT2D eigenvalue weighted by Gasteiger charge is 2.11. The van der Waals surface area contributed by atoms with Gasteiger partial charge in [0.15, 0.2) is 18.1 Å². The van der Waals surface area contributed by atoms with Crippen molar-refractivity contribution in [2.45, 2.75) is 6.92 Å². The number of hydrogen-bond acceptors (Lipinski definition) is 3. The fraction of sp³-hybridized carbons (Fsp3) is 0.167. The van der Waals surface area contributed by atoms with Crippen LogP contribution in [0.5, 0.6) is 11.5 Å². The first-order valence-electron chi connectivity index (χ1n) is 7.22. The number of halogens is 2. The fourth-order valence-electron chi connectivity index (χ4n) is 2.03. The van der Waals surface area contributed by atoms with Gasteiger partial charge < -0.3 is 14.8 Å². The van der Waals surface area contributed by atoms with Crippen LogP contribution in [0.15, 0.2) is 42.5 Å². The second-order valence-electron chi connectivity index (χ2n) is 4.85. The van der Waals surface area contributed by atoms with Crippen LogP contribution in [0, 0.1) is 0 Å². The second-order valence-corrected chi connectivity index (χ2v) is 5.63. The molecule has 0 bridgehead atoms. The minimum Gasteiger partial charge on any atom is -0.493 e. The molecule has 0 unspecified atom stereocenters. The average molecular weight is 366 g/mol. The van der Waals surface area contributed by atoms with Crippen molar-refractivity contribution in [3.05, 3.63) is 58.1 Å². The Kier molecular flexibility index (Phi) is 6.53. The van der Waals surface area contributed by atoms with Crippen LogP contribution in [-0.4, -0.2) is 19.6 Å². The topological polar surface area (TPSA) is 47.6 Å². The first-order valence-corrected chi connectivity index (χ1v) is 7.98. The maximum atomic E-state index is 12.0. The van der Waals surface area contributed by atoms with Crippen molar-refractivity contribution in [2.75, 3.05) is 19.0 Å². The van der Waals surface area contributed by atoms with Gasteiger partial charge in [0.1, 0.15) is 0 Å². The van der Waals surface area contributed by atoms with Crippen molar-refractivity contribution in [3.8, 4) is 11.5 Å². The highest BCUT2D eigenvalue weighted by atomic mass is 35.5. The van der Waals surface area contributed by atoms with Crippen LogP contribution < -0.4 is 14.8 Å². The minimum absolute atomic E-state index is 0.178. The van der Waals surface area contributed by atoms with Crippen molar-refractivity contribution in [2.24, 2.45) is 0 Å². The van der Waals surface area contributed by atoms with E-state index < -0.39 is 0 Å². The molecule has 4 nitrogen and oxygen atoms in total. The summed E-state index contributed by atoms with van der Waals surface area (Å²) >= 11 is 11.9. The Morgan fingerprint density at radius 2 is 2.00 bits per heavy atom. The number of nitrogens with one attached hydrogen (secondary N) is 1. The Morgan fingerprint density at radius 3 is 2.71 bits per heavy atom. The molecule has 0 aliphatic rings. The third-order valence-corrected chi connectivity index (χ3v) is 3.95. The molecule has 24 heavy (non-hydrogen) atoms. The van der Waals surface area contributed by atoms with Gasteiger partial charge in [0, 0.05) is 0 Å². The van der Waals surface area contributed by atoms with Gasteiger partial charge in [0.25, 0.3) is 5.91 Å². The first kappa shape index (κ1) is 18.2. The highest BCUT2D eigenvalue weighted by molar-refractivity contribution is 6.43. The number of hydrogen-bond donors (Lipinski definition) is 1. The average Bonchev–Trinajstić information content (AvgIpc) is 2.58. The van der Waals surface area contributed by atoms with Crippen molar-refractivity contribution in [3.63, 3.8) is 0 Å². The summed E-state index contributed by atoms with van der Waals surface area (Å²) in [7, 11) is 1.55. The summed E-state index contributed by atoms with van der Waals surface area (Å²) in [6.45, 7) is 1.75. The number of carbonyl (C=O) groups excluding carboxylic acids is 1. The Bertz CT molecular complexity index is 760. The van der Waals surface area contributed by atoms with E-state index in [1.807, 2.05) is 31.2 Å². The van der Waals surface area contributed by atoms with Crippen LogP contribution in [0.2, 0.25) is 10.0 Å². The van der Waals surface area contributed by atoms with Gasteiger partial charge in [-0.15, -0.1) is 0 Å². The smallest absolute Gasteiger partial charge is 0.262 e. The van der Waals surface area contributed by atoms with Crippen molar-refractivity contribution in [1.29, 1.82) is 0 Å². The molecule has 2 aromatic rings. The Balaban J connectivity index is 2.02. The Morgan fingerprint density at radius 1 is 1.21 bits per heavy atom. The number of carbonyl (C=O) groups is 1. The second kappa shape index (κ2) is 8.62. The first-order chi connectivity index (χ1) is 11.5. The minimum atomic E-state index is -0.348. The van der Waals surface area contributed by atoms with E-state index in [0.29, 0.717) is 27.2 Å². The summed E-state index contributed by atoms with van der Waals surface area (Å²) in [4.78, 5) is 12.0. The molecule has 0 fully saturated rings. The molecule has 1 N–H and O–H groups in total. The Labute approximate surface area is 151 Å². The lowest BCUT2D eigenvalue weighted by Crippen LogP contribution is -2.20. The zero-order chi connectivity index (χ0) is 17.5. The van der Waals surface area contributed by atoms with Crippen LogP contribution in [-0.2, 0) is 4.79 Å². The van der Waals surface area contributed by atoms with Crippen LogP contribution >= 0.6 is 23.2 Å². The number of ether oxygens (including phenoxy) is 2. The summed E-state index contributed by atoms with van der Waals surface area (Å²) in [5.41, 5.74) is 1.42. The van der Waals surface area contributed by atoms with E-state index in [1.54, 1.807) is 31.4 Å². The van der Waals surface area contributed by atoms with E-state index in [9.17, 15) is 4.79 Å². The normalized spacial score (nSPS) is 10.7. The molecule has 0 saturated carbocycles. The molecule has 1 amide bonds. The zero-order valence-corrected chi connectivity index (χ0v) is 14.8. The van der Waals surface area contributed by atoms with Crippen molar-refractivity contribution >= 4 is 40.9 Å². The van der Waals surface area contributed by atoms with Crippen molar-refractivity contribution in [1.82, 2.24) is 0 Å². The molecular weight excluding hydrogens is 349 g/mol. The van der Waals surface area contributed by atoms with E-state index in [-0.39, 0.29) is 12.5 Å². The number of methoxy groups -OCH3 is 1. The number of amides is 1. The lowest BCUT2D eigenvalue weighted by molar-refractivity contribution is -0.118. The lowest BCUT2D eigenvalue weighted by Gasteiger charge is -2.12. The monoisotopic (exact) mass is 365 g/mol. The molecule has 2 rings (SSSR count). The molecule has 0 heterocycles. The molecular formula is C18H17Cl2NO3. The SMILES string of the molecule is C/C=C/c1ccc(OCC(=O)Nc2cccc(Cl)c2Cl)c(OC)c1. The molecule has 6 heteroatoms. The Hall–Kier alpha value is -2.17. The maximum absolute atomic E-state index is 12.0. The number of allylic oxidation sites excluding steroid dienone is 1. The quantitative estimate of drug-likeness (QED) is 0.778. The third kappa shape index (κ3) is 4.66.